The van der Waals surface area contributed by atoms with Gasteiger partial charge >= 0.3 is 6.36 Å². The molecule has 0 fully saturated rings. The lowest BCUT2D eigenvalue weighted by molar-refractivity contribution is -0.274. The second-order valence-corrected chi connectivity index (χ2v) is 9.16. The van der Waals surface area contributed by atoms with Crippen LogP contribution in [0.2, 0.25) is 0 Å². The van der Waals surface area contributed by atoms with E-state index in [1.165, 1.54) is 24.3 Å². The molecule has 0 spiro atoms. The molecule has 9 nitrogen and oxygen atoms in total. The highest BCUT2D eigenvalue weighted by atomic mass is 19.4. The molecule has 5 aromatic rings. The number of aromatic nitrogens is 7. The summed E-state index contributed by atoms with van der Waals surface area (Å²) in [6.07, 6.45) is 1.97. The highest BCUT2D eigenvalue weighted by molar-refractivity contribution is 5.58. The summed E-state index contributed by atoms with van der Waals surface area (Å²) in [7, 11) is 0. The Morgan fingerprint density at radius 1 is 0.974 bits per heavy atom. The molecule has 1 aromatic carbocycles. The standard InChI is InChI=1S/C27H26F3N7O2/c1-18-11-14-36(33-18)13-4-3-5-22-16-20(10-12-31-22)17-37-19(2)15-24(34-37)26-32-25(35-39-26)21-6-8-23(9-7-21)38-27(28,29)30/h6-12,14-16H,3-5,13,17H2,1-2H3. The molecule has 12 heteroatoms. The molecule has 0 saturated heterocycles. The molecular formula is C27H26F3N7O2. The normalized spacial score (nSPS) is 11.7. The quantitative estimate of drug-likeness (QED) is 0.208. The first-order valence-corrected chi connectivity index (χ1v) is 12.4. The summed E-state index contributed by atoms with van der Waals surface area (Å²) in [5, 5.41) is 13.0. The summed E-state index contributed by atoms with van der Waals surface area (Å²) in [5.41, 5.74) is 5.03. The Labute approximate surface area is 222 Å². The maximum Gasteiger partial charge on any atom is 0.573 e. The molecule has 0 aliphatic heterocycles. The number of benzene rings is 1. The van der Waals surface area contributed by atoms with Crippen LogP contribution in [0.1, 0.15) is 35.5 Å². The van der Waals surface area contributed by atoms with Gasteiger partial charge in [-0.15, -0.1) is 13.2 Å². The molecule has 0 saturated carbocycles. The summed E-state index contributed by atoms with van der Waals surface area (Å²) in [5.74, 6) is 0.121. The van der Waals surface area contributed by atoms with Gasteiger partial charge in [-0.25, -0.2) is 0 Å². The maximum absolute atomic E-state index is 12.4. The van der Waals surface area contributed by atoms with E-state index in [9.17, 15) is 13.2 Å². The second kappa shape index (κ2) is 11.1. The molecule has 4 heterocycles. The zero-order chi connectivity index (χ0) is 27.4. The predicted octanol–water partition coefficient (Wildman–Crippen LogP) is 5.78. The van der Waals surface area contributed by atoms with Gasteiger partial charge in [-0.3, -0.25) is 14.3 Å². The van der Waals surface area contributed by atoms with Crippen LogP contribution in [0, 0.1) is 13.8 Å². The first-order chi connectivity index (χ1) is 18.7. The van der Waals surface area contributed by atoms with Gasteiger partial charge in [0.2, 0.25) is 5.82 Å². The van der Waals surface area contributed by atoms with Gasteiger partial charge in [0.15, 0.2) is 5.69 Å². The van der Waals surface area contributed by atoms with Crippen molar-refractivity contribution in [2.24, 2.45) is 0 Å². The molecule has 5 rings (SSSR count). The van der Waals surface area contributed by atoms with Crippen LogP contribution in [-0.4, -0.2) is 41.0 Å². The molecule has 0 N–H and O–H groups in total. The number of aryl methyl sites for hydroxylation is 4. The molecule has 0 aliphatic carbocycles. The van der Waals surface area contributed by atoms with Crippen LogP contribution in [0.25, 0.3) is 23.0 Å². The molecule has 0 aliphatic rings. The number of halogens is 3. The van der Waals surface area contributed by atoms with Crippen LogP contribution in [0.5, 0.6) is 5.75 Å². The van der Waals surface area contributed by atoms with E-state index in [4.69, 9.17) is 4.52 Å². The van der Waals surface area contributed by atoms with E-state index in [0.29, 0.717) is 17.8 Å². The Balaban J connectivity index is 1.20. The fourth-order valence-corrected chi connectivity index (χ4v) is 4.13. The summed E-state index contributed by atoms with van der Waals surface area (Å²) in [6, 6.07) is 13.2. The Bertz CT molecular complexity index is 1540. The van der Waals surface area contributed by atoms with Gasteiger partial charge in [0.25, 0.3) is 5.89 Å². The largest absolute Gasteiger partial charge is 0.573 e. The average molecular weight is 538 g/mol. The molecular weight excluding hydrogens is 511 g/mol. The van der Waals surface area contributed by atoms with E-state index in [-0.39, 0.29) is 17.5 Å². The first kappa shape index (κ1) is 26.1. The first-order valence-electron chi connectivity index (χ1n) is 12.4. The Morgan fingerprint density at radius 2 is 1.79 bits per heavy atom. The number of hydrogen-bond donors (Lipinski definition) is 0. The van der Waals surface area contributed by atoms with Crippen molar-refractivity contribution in [2.45, 2.75) is 52.6 Å². The third-order valence-corrected chi connectivity index (χ3v) is 6.03. The molecule has 0 radical (unpaired) electrons. The van der Waals surface area contributed by atoms with Crippen molar-refractivity contribution in [1.29, 1.82) is 0 Å². The minimum atomic E-state index is -4.75. The monoisotopic (exact) mass is 537 g/mol. The van der Waals surface area contributed by atoms with E-state index in [2.05, 4.69) is 36.1 Å². The number of pyridine rings is 1. The van der Waals surface area contributed by atoms with Gasteiger partial charge < -0.3 is 9.26 Å². The van der Waals surface area contributed by atoms with Crippen LogP contribution >= 0.6 is 0 Å². The number of rotatable bonds is 10. The molecule has 202 valence electrons. The number of nitrogens with zero attached hydrogens (tertiary/aromatic N) is 7. The fraction of sp³-hybridized carbons (Fsp3) is 0.296. The molecule has 0 atom stereocenters. The van der Waals surface area contributed by atoms with Crippen molar-refractivity contribution in [3.05, 3.63) is 83.6 Å². The van der Waals surface area contributed by atoms with Crippen LogP contribution in [-0.2, 0) is 19.5 Å². The highest BCUT2D eigenvalue weighted by Crippen LogP contribution is 2.27. The van der Waals surface area contributed by atoms with Crippen molar-refractivity contribution < 1.29 is 22.4 Å². The van der Waals surface area contributed by atoms with Gasteiger partial charge in [0, 0.05) is 35.9 Å². The second-order valence-electron chi connectivity index (χ2n) is 9.16. The number of ether oxygens (including phenoxy) is 1. The maximum atomic E-state index is 12.4. The third-order valence-electron chi connectivity index (χ3n) is 6.03. The van der Waals surface area contributed by atoms with Gasteiger partial charge in [0.1, 0.15) is 5.75 Å². The van der Waals surface area contributed by atoms with Crippen LogP contribution in [0.15, 0.2) is 65.4 Å². The van der Waals surface area contributed by atoms with Crippen LogP contribution in [0.3, 0.4) is 0 Å². The van der Waals surface area contributed by atoms with Gasteiger partial charge in [-0.1, -0.05) is 5.16 Å². The number of alkyl halides is 3. The van der Waals surface area contributed by atoms with Crippen molar-refractivity contribution in [3.63, 3.8) is 0 Å². The zero-order valence-corrected chi connectivity index (χ0v) is 21.4. The van der Waals surface area contributed by atoms with Crippen molar-refractivity contribution in [3.8, 4) is 28.7 Å². The molecule has 4 aromatic heterocycles. The summed E-state index contributed by atoms with van der Waals surface area (Å²) in [6.45, 7) is 5.36. The van der Waals surface area contributed by atoms with Crippen molar-refractivity contribution >= 4 is 0 Å². The third kappa shape index (κ3) is 6.89. The fourth-order valence-electron chi connectivity index (χ4n) is 4.13. The minimum Gasteiger partial charge on any atom is -0.406 e. The van der Waals surface area contributed by atoms with Crippen LogP contribution in [0.4, 0.5) is 13.2 Å². The van der Waals surface area contributed by atoms with Gasteiger partial charge in [-0.05, 0) is 87.2 Å². The van der Waals surface area contributed by atoms with Crippen molar-refractivity contribution in [1.82, 2.24) is 34.7 Å². The topological polar surface area (TPSA) is 96.7 Å². The number of hydrogen-bond acceptors (Lipinski definition) is 7. The molecule has 0 unspecified atom stereocenters. The Kier molecular flexibility index (Phi) is 7.44. The van der Waals surface area contributed by atoms with Crippen molar-refractivity contribution in [2.75, 3.05) is 0 Å². The van der Waals surface area contributed by atoms with Crippen LogP contribution < -0.4 is 4.74 Å². The average Bonchev–Trinajstić information content (AvgIpc) is 3.62. The van der Waals surface area contributed by atoms with E-state index in [1.54, 1.807) is 0 Å². The van der Waals surface area contributed by atoms with E-state index in [0.717, 1.165) is 48.5 Å². The van der Waals surface area contributed by atoms with E-state index < -0.39 is 6.36 Å². The van der Waals surface area contributed by atoms with Gasteiger partial charge in [0.05, 0.1) is 12.2 Å². The summed E-state index contributed by atoms with van der Waals surface area (Å²) >= 11 is 0. The SMILES string of the molecule is Cc1ccn(CCCCc2cc(Cn3nc(-c4nc(-c5ccc(OC(F)(F)F)cc5)no4)cc3C)ccn2)n1. The van der Waals surface area contributed by atoms with E-state index in [1.807, 2.05) is 53.8 Å². The van der Waals surface area contributed by atoms with Gasteiger partial charge in [-0.2, -0.15) is 15.2 Å². The number of unbranched alkanes of at least 4 members (excludes halogenated alkanes) is 1. The molecule has 0 amide bonds. The predicted molar refractivity (Wildman–Crippen MR) is 136 cm³/mol. The lowest BCUT2D eigenvalue weighted by Gasteiger charge is -2.08. The molecule has 39 heavy (non-hydrogen) atoms. The lowest BCUT2D eigenvalue weighted by atomic mass is 10.1. The molecule has 0 bridgehead atoms. The summed E-state index contributed by atoms with van der Waals surface area (Å²) in [4.78, 5) is 8.87. The lowest BCUT2D eigenvalue weighted by Crippen LogP contribution is -2.16. The Morgan fingerprint density at radius 3 is 2.54 bits per heavy atom. The smallest absolute Gasteiger partial charge is 0.406 e. The Hall–Kier alpha value is -4.48. The highest BCUT2D eigenvalue weighted by Gasteiger charge is 2.31. The minimum absolute atomic E-state index is 0.213. The summed E-state index contributed by atoms with van der Waals surface area (Å²) < 4.78 is 50.3. The zero-order valence-electron chi connectivity index (χ0n) is 21.4. The van der Waals surface area contributed by atoms with E-state index >= 15 is 0 Å².